The van der Waals surface area contributed by atoms with Crippen LogP contribution in [0.4, 0.5) is 0 Å². The van der Waals surface area contributed by atoms with Crippen molar-refractivity contribution in [3.63, 3.8) is 0 Å². The summed E-state index contributed by atoms with van der Waals surface area (Å²) < 4.78 is 24.6. The van der Waals surface area contributed by atoms with E-state index in [9.17, 15) is 29.7 Å². The summed E-state index contributed by atoms with van der Waals surface area (Å²) in [5, 5.41) is 29.2. The number of benzene rings is 4. The van der Waals surface area contributed by atoms with Crippen molar-refractivity contribution < 1.29 is 48.3 Å². The zero-order valence-electron chi connectivity index (χ0n) is 39.2. The van der Waals surface area contributed by atoms with E-state index >= 15 is 0 Å². The van der Waals surface area contributed by atoms with Crippen LogP contribution in [-0.2, 0) is 49.5 Å². The van der Waals surface area contributed by atoms with E-state index in [1.165, 1.54) is 19.8 Å². The van der Waals surface area contributed by atoms with E-state index in [4.69, 9.17) is 18.6 Å². The van der Waals surface area contributed by atoms with Crippen molar-refractivity contribution >= 4 is 81.6 Å². The number of carboxylic acid groups (broad SMARTS) is 1. The number of hydrogen-bond donors (Lipinski definition) is 3. The molecule has 0 aliphatic heterocycles. The van der Waals surface area contributed by atoms with Crippen molar-refractivity contribution in [3.8, 4) is 28.7 Å². The number of aromatic hydroxyl groups is 2. The van der Waals surface area contributed by atoms with E-state index in [1.54, 1.807) is 6.07 Å². The number of carbonyl (C=O) groups excluding carboxylic acids is 2. The quantitative estimate of drug-likeness (QED) is 0.0906. The second-order valence-corrected chi connectivity index (χ2v) is 20.8. The Morgan fingerprint density at radius 3 is 1.81 bits per heavy atom. The summed E-state index contributed by atoms with van der Waals surface area (Å²) in [4.78, 5) is 39.9. The van der Waals surface area contributed by atoms with Gasteiger partial charge in [-0.3, -0.25) is 14.4 Å². The number of phenolic OH excluding ortho intramolecular Hbond substituents is 2. The molecule has 69 heavy (non-hydrogen) atoms. The summed E-state index contributed by atoms with van der Waals surface area (Å²) in [5.41, 5.74) is 8.71. The molecule has 5 aromatic rings. The molecule has 6 unspecified atom stereocenters. The van der Waals surface area contributed by atoms with Crippen LogP contribution in [0.15, 0.2) is 83.0 Å². The Bertz CT molecular complexity index is 2600. The minimum absolute atomic E-state index is 0. The van der Waals surface area contributed by atoms with Gasteiger partial charge in [-0.2, -0.15) is 0 Å². The fourth-order valence-electron chi connectivity index (χ4n) is 10.1. The monoisotopic (exact) mass is 1200 g/mol. The first-order chi connectivity index (χ1) is 32.6. The number of oxazole rings is 1. The van der Waals surface area contributed by atoms with Gasteiger partial charge < -0.3 is 33.9 Å². The van der Waals surface area contributed by atoms with Crippen molar-refractivity contribution in [1.29, 1.82) is 0 Å². The molecule has 1 aromatic heterocycles. The molecule has 11 nitrogen and oxygen atoms in total. The Balaban J connectivity index is 0.000000203. The largest absolute Gasteiger partial charge is 0.507 e. The van der Waals surface area contributed by atoms with Crippen LogP contribution in [0.2, 0.25) is 0 Å². The maximum Gasteiger partial charge on any atom is 0.309 e. The first-order valence-corrected chi connectivity index (χ1v) is 26.3. The molecule has 0 saturated carbocycles. The number of halogens is 4. The van der Waals surface area contributed by atoms with Crippen molar-refractivity contribution in [2.45, 2.75) is 117 Å². The molecule has 15 heteroatoms. The number of hydrogen-bond acceptors (Lipinski definition) is 10. The maximum atomic E-state index is 11.9. The van der Waals surface area contributed by atoms with E-state index in [0.717, 1.165) is 111 Å². The molecule has 3 aliphatic rings. The number of methoxy groups -OCH3 is 2. The molecule has 0 fully saturated rings. The first-order valence-electron chi connectivity index (χ1n) is 23.1. The van der Waals surface area contributed by atoms with Crippen molar-refractivity contribution in [3.05, 3.63) is 123 Å². The SMILES string of the molecule is C.CCC(C(=O)O)C1CCc2cc(OCCc3nc(-c4ccccc4)oc3C)c(Br)cc21.CCC(C(=O)OC)C1CCc2c1cc(Br)c(O)c2Br.CCC(C(=O)OC)C1CCc2cc(O)c(Br)cc21. The molecule has 0 amide bonds. The highest BCUT2D eigenvalue weighted by atomic mass is 79.9. The van der Waals surface area contributed by atoms with Crippen LogP contribution in [-0.4, -0.2) is 59.0 Å². The van der Waals surface area contributed by atoms with Gasteiger partial charge in [0.15, 0.2) is 0 Å². The summed E-state index contributed by atoms with van der Waals surface area (Å²) >= 11 is 13.7. The lowest BCUT2D eigenvalue weighted by atomic mass is 9.85. The van der Waals surface area contributed by atoms with Gasteiger partial charge in [0, 0.05) is 12.0 Å². The second kappa shape index (κ2) is 25.3. The topological polar surface area (TPSA) is 166 Å². The van der Waals surface area contributed by atoms with Crippen molar-refractivity contribution in [1.82, 2.24) is 4.98 Å². The van der Waals surface area contributed by atoms with Gasteiger partial charge in [0.1, 0.15) is 23.0 Å². The Hall–Kier alpha value is -4.18. The molecule has 0 radical (unpaired) electrons. The standard InChI is InChI=1S/C25H26BrNO4.C14H16Br2O3.C14H17BrO3.CH4/c1-3-18(25(28)29)19-10-9-17-13-23(21(26)14-20(17)19)30-12-11-22-15(2)31-24(27-22)16-7-5-4-6-8-16;1-3-7(14(18)19-2)8-4-5-9-10(8)6-11(15)13(17)12(9)16;1-3-9(14(17)18-2)10-5-4-8-6-13(16)12(15)7-11(8)10;/h4-8,13-14,18-19H,3,9-12H2,1-2H3,(H,28,29);6-8,17H,3-5H2,1-2H3;6-7,9-10,16H,3-5H2,1-2H3;1H4. The maximum absolute atomic E-state index is 11.9. The summed E-state index contributed by atoms with van der Waals surface area (Å²) in [6.45, 7) is 8.36. The number of rotatable bonds is 14. The number of fused-ring (bicyclic) bond motifs is 3. The fourth-order valence-corrected chi connectivity index (χ4v) is 12.3. The predicted octanol–water partition coefficient (Wildman–Crippen LogP) is 14.3. The third kappa shape index (κ3) is 12.7. The summed E-state index contributed by atoms with van der Waals surface area (Å²) in [6.07, 6.45) is 8.21. The number of aromatic nitrogens is 1. The van der Waals surface area contributed by atoms with Crippen LogP contribution in [0.1, 0.15) is 129 Å². The van der Waals surface area contributed by atoms with Gasteiger partial charge in [-0.15, -0.1) is 0 Å². The van der Waals surface area contributed by atoms with Gasteiger partial charge in [0.05, 0.1) is 62.2 Å². The summed E-state index contributed by atoms with van der Waals surface area (Å²) in [5.74, 6) is 1.59. The molecule has 8 rings (SSSR count). The summed E-state index contributed by atoms with van der Waals surface area (Å²) in [7, 11) is 2.87. The zero-order valence-corrected chi connectivity index (χ0v) is 45.5. The lowest BCUT2D eigenvalue weighted by Gasteiger charge is -2.21. The lowest BCUT2D eigenvalue weighted by molar-refractivity contribution is -0.147. The Labute approximate surface area is 439 Å². The molecule has 6 atom stereocenters. The van der Waals surface area contributed by atoms with Gasteiger partial charge in [-0.05, 0) is 222 Å². The van der Waals surface area contributed by atoms with Gasteiger partial charge >= 0.3 is 17.9 Å². The number of aryl methyl sites for hydroxylation is 3. The zero-order chi connectivity index (χ0) is 49.4. The van der Waals surface area contributed by atoms with Crippen LogP contribution in [0, 0.1) is 24.7 Å². The van der Waals surface area contributed by atoms with Crippen LogP contribution in [0.25, 0.3) is 11.5 Å². The first kappa shape index (κ1) is 55.7. The van der Waals surface area contributed by atoms with Crippen LogP contribution in [0.5, 0.6) is 17.2 Å². The number of carbonyl (C=O) groups is 3. The molecule has 3 aliphatic carbocycles. The number of carboxylic acids is 1. The number of phenols is 2. The Kier molecular flexibility index (Phi) is 20.4. The van der Waals surface area contributed by atoms with Crippen LogP contribution in [0.3, 0.4) is 0 Å². The molecule has 3 N–H and O–H groups in total. The van der Waals surface area contributed by atoms with E-state index in [1.807, 2.05) is 76.2 Å². The third-order valence-electron chi connectivity index (χ3n) is 13.7. The van der Waals surface area contributed by atoms with E-state index in [-0.39, 0.29) is 66.4 Å². The molecule has 0 saturated heterocycles. The smallest absolute Gasteiger partial charge is 0.309 e. The molecule has 1 heterocycles. The minimum Gasteiger partial charge on any atom is -0.507 e. The highest BCUT2D eigenvalue weighted by Crippen LogP contribution is 2.49. The van der Waals surface area contributed by atoms with E-state index in [2.05, 4.69) is 74.8 Å². The third-order valence-corrected chi connectivity index (χ3v) is 16.4. The van der Waals surface area contributed by atoms with E-state index in [0.29, 0.717) is 34.3 Å². The van der Waals surface area contributed by atoms with Gasteiger partial charge in [0.25, 0.3) is 0 Å². The average Bonchev–Trinajstić information content (AvgIpc) is 4.13. The van der Waals surface area contributed by atoms with E-state index < -0.39 is 5.97 Å². The molecule has 0 spiro atoms. The highest BCUT2D eigenvalue weighted by Gasteiger charge is 2.37. The van der Waals surface area contributed by atoms with Gasteiger partial charge in [0.2, 0.25) is 5.89 Å². The lowest BCUT2D eigenvalue weighted by Crippen LogP contribution is -2.21. The molecule has 0 bridgehead atoms. The molecular weight excluding hydrogens is 1140 g/mol. The fraction of sp³-hybridized carbons (Fsp3) is 0.444. The van der Waals surface area contributed by atoms with Crippen LogP contribution >= 0.6 is 63.7 Å². The van der Waals surface area contributed by atoms with Gasteiger partial charge in [-0.1, -0.05) is 46.4 Å². The van der Waals surface area contributed by atoms with Gasteiger partial charge in [-0.25, -0.2) is 4.98 Å². The number of ether oxygens (including phenoxy) is 3. The van der Waals surface area contributed by atoms with Crippen LogP contribution < -0.4 is 4.74 Å². The Morgan fingerprint density at radius 2 is 1.25 bits per heavy atom. The predicted molar refractivity (Wildman–Crippen MR) is 282 cm³/mol. The van der Waals surface area contributed by atoms with Crippen molar-refractivity contribution in [2.24, 2.45) is 17.8 Å². The second-order valence-electron chi connectivity index (χ2n) is 17.4. The molecular formula is C54H63Br4NO10. The molecule has 372 valence electrons. The Morgan fingerprint density at radius 1 is 0.725 bits per heavy atom. The number of esters is 2. The molecule has 4 aromatic carbocycles. The minimum atomic E-state index is -0.713. The average molecular weight is 1210 g/mol. The highest BCUT2D eigenvalue weighted by molar-refractivity contribution is 9.11. The number of nitrogens with zero attached hydrogens (tertiary/aromatic N) is 1. The van der Waals surface area contributed by atoms with Crippen molar-refractivity contribution in [2.75, 3.05) is 20.8 Å². The number of aliphatic carboxylic acids is 1. The normalized spacial score (nSPS) is 17.6. The summed E-state index contributed by atoms with van der Waals surface area (Å²) in [6, 6.07) is 19.6.